The molecule has 7 heteroatoms. The Hall–Kier alpha value is -1.92. The minimum Gasteiger partial charge on any atom is -0.464 e. The van der Waals surface area contributed by atoms with Crippen molar-refractivity contribution in [3.05, 3.63) is 22.5 Å². The number of esters is 1. The maximum absolute atomic E-state index is 11.5. The molecule has 0 aromatic carbocycles. The highest BCUT2D eigenvalue weighted by molar-refractivity contribution is 5.74. The summed E-state index contributed by atoms with van der Waals surface area (Å²) < 4.78 is 6.11. The fraction of sp³-hybridized carbons (Fsp3) is 0.556. The van der Waals surface area contributed by atoms with Crippen molar-refractivity contribution in [3.8, 4) is 0 Å². The van der Waals surface area contributed by atoms with E-state index in [1.165, 1.54) is 10.9 Å². The van der Waals surface area contributed by atoms with Crippen molar-refractivity contribution in [2.75, 3.05) is 6.61 Å². The average molecular weight is 227 g/mol. The third-order valence-electron chi connectivity index (χ3n) is 2.06. The first-order valence-corrected chi connectivity index (χ1v) is 4.95. The van der Waals surface area contributed by atoms with Crippen molar-refractivity contribution in [3.63, 3.8) is 0 Å². The molecule has 0 aliphatic carbocycles. The van der Waals surface area contributed by atoms with E-state index in [-0.39, 0.29) is 12.3 Å². The summed E-state index contributed by atoms with van der Waals surface area (Å²) in [6.45, 7) is 3.77. The molecule has 0 spiro atoms. The van der Waals surface area contributed by atoms with Crippen LogP contribution in [0.4, 0.5) is 5.69 Å². The van der Waals surface area contributed by atoms with Crippen LogP contribution in [0.3, 0.4) is 0 Å². The standard InChI is InChI=1S/C9H13N3O4/c1-3-8(9(13)16-4-2)11-6-7(5-10-11)12(14)15/h5-6,8H,3-4H2,1-2H3/t8-/m0/s1. The highest BCUT2D eigenvalue weighted by Gasteiger charge is 2.22. The molecule has 1 rings (SSSR count). The molecule has 0 fully saturated rings. The summed E-state index contributed by atoms with van der Waals surface area (Å²) in [6.07, 6.45) is 2.81. The van der Waals surface area contributed by atoms with Gasteiger partial charge >= 0.3 is 11.7 Å². The Bertz CT molecular complexity index is 388. The van der Waals surface area contributed by atoms with Crippen molar-refractivity contribution >= 4 is 11.7 Å². The van der Waals surface area contributed by atoms with Crippen molar-refractivity contribution in [1.29, 1.82) is 0 Å². The summed E-state index contributed by atoms with van der Waals surface area (Å²) in [7, 11) is 0. The zero-order valence-corrected chi connectivity index (χ0v) is 9.12. The van der Waals surface area contributed by atoms with Gasteiger partial charge in [-0.05, 0) is 13.3 Å². The van der Waals surface area contributed by atoms with Crippen LogP contribution in [0, 0.1) is 10.1 Å². The van der Waals surface area contributed by atoms with Crippen LogP contribution < -0.4 is 0 Å². The molecule has 16 heavy (non-hydrogen) atoms. The van der Waals surface area contributed by atoms with Gasteiger partial charge in [0.15, 0.2) is 0 Å². The molecule has 88 valence electrons. The lowest BCUT2D eigenvalue weighted by atomic mass is 10.2. The number of nitro groups is 1. The second-order valence-corrected chi connectivity index (χ2v) is 3.11. The summed E-state index contributed by atoms with van der Waals surface area (Å²) in [4.78, 5) is 21.4. The molecule has 7 nitrogen and oxygen atoms in total. The van der Waals surface area contributed by atoms with Gasteiger partial charge in [-0.2, -0.15) is 5.10 Å². The molecule has 0 N–H and O–H groups in total. The lowest BCUT2D eigenvalue weighted by Gasteiger charge is -2.12. The monoisotopic (exact) mass is 227 g/mol. The first kappa shape index (κ1) is 12.2. The molecule has 0 bridgehead atoms. The second-order valence-electron chi connectivity index (χ2n) is 3.11. The normalized spacial score (nSPS) is 12.1. The van der Waals surface area contributed by atoms with E-state index in [0.29, 0.717) is 6.42 Å². The van der Waals surface area contributed by atoms with E-state index in [1.54, 1.807) is 13.8 Å². The van der Waals surface area contributed by atoms with Gasteiger partial charge in [-0.25, -0.2) is 4.79 Å². The third-order valence-corrected chi connectivity index (χ3v) is 2.06. The first-order valence-electron chi connectivity index (χ1n) is 4.95. The number of carbonyl (C=O) groups is 1. The van der Waals surface area contributed by atoms with Crippen LogP contribution in [0.25, 0.3) is 0 Å². The molecule has 0 aliphatic rings. The van der Waals surface area contributed by atoms with Gasteiger partial charge in [0.05, 0.1) is 11.5 Å². The van der Waals surface area contributed by atoms with Crippen LogP contribution in [-0.4, -0.2) is 27.3 Å². The number of rotatable bonds is 5. The highest BCUT2D eigenvalue weighted by atomic mass is 16.6. The van der Waals surface area contributed by atoms with Gasteiger partial charge < -0.3 is 4.74 Å². The van der Waals surface area contributed by atoms with Crippen LogP contribution in [0.1, 0.15) is 26.3 Å². The Labute approximate surface area is 92.2 Å². The lowest BCUT2D eigenvalue weighted by Crippen LogP contribution is -2.21. The van der Waals surface area contributed by atoms with Gasteiger partial charge in [0.1, 0.15) is 18.4 Å². The molecule has 0 radical (unpaired) electrons. The van der Waals surface area contributed by atoms with Gasteiger partial charge in [-0.3, -0.25) is 14.8 Å². The van der Waals surface area contributed by atoms with Crippen LogP contribution in [0.15, 0.2) is 12.4 Å². The molecule has 1 atom stereocenters. The van der Waals surface area contributed by atoms with E-state index >= 15 is 0 Å². The fourth-order valence-corrected chi connectivity index (χ4v) is 1.29. The van der Waals surface area contributed by atoms with Gasteiger partial charge in [-0.15, -0.1) is 0 Å². The van der Waals surface area contributed by atoms with E-state index in [2.05, 4.69) is 5.10 Å². The third kappa shape index (κ3) is 2.56. The predicted molar refractivity (Wildman–Crippen MR) is 54.8 cm³/mol. The van der Waals surface area contributed by atoms with Crippen LogP contribution in [-0.2, 0) is 9.53 Å². The number of carbonyl (C=O) groups excluding carboxylic acids is 1. The van der Waals surface area contributed by atoms with Crippen molar-refractivity contribution < 1.29 is 14.5 Å². The molecular weight excluding hydrogens is 214 g/mol. The predicted octanol–water partition coefficient (Wildman–Crippen LogP) is 1.31. The zero-order valence-electron chi connectivity index (χ0n) is 9.12. The molecule has 0 amide bonds. The molecule has 1 aromatic rings. The number of nitrogens with zero attached hydrogens (tertiary/aromatic N) is 3. The number of hydrogen-bond donors (Lipinski definition) is 0. The van der Waals surface area contributed by atoms with Gasteiger partial charge in [-0.1, -0.05) is 6.92 Å². The Morgan fingerprint density at radius 3 is 2.81 bits per heavy atom. The van der Waals surface area contributed by atoms with Crippen molar-refractivity contribution in [2.45, 2.75) is 26.3 Å². The van der Waals surface area contributed by atoms with Crippen LogP contribution >= 0.6 is 0 Å². The Balaban J connectivity index is 2.86. The van der Waals surface area contributed by atoms with Gasteiger partial charge in [0, 0.05) is 0 Å². The van der Waals surface area contributed by atoms with Gasteiger partial charge in [0.2, 0.25) is 0 Å². The molecular formula is C9H13N3O4. The summed E-state index contributed by atoms with van der Waals surface area (Å²) in [5.74, 6) is -0.428. The topological polar surface area (TPSA) is 87.3 Å². The molecule has 0 saturated carbocycles. The first-order chi connectivity index (χ1) is 7.60. The van der Waals surface area contributed by atoms with E-state index in [0.717, 1.165) is 6.20 Å². The fourth-order valence-electron chi connectivity index (χ4n) is 1.29. The minimum atomic E-state index is -0.603. The summed E-state index contributed by atoms with van der Waals surface area (Å²) in [5.41, 5.74) is -0.136. The minimum absolute atomic E-state index is 0.136. The molecule has 1 aromatic heterocycles. The Morgan fingerprint density at radius 2 is 2.38 bits per heavy atom. The van der Waals surface area contributed by atoms with Crippen LogP contribution in [0.5, 0.6) is 0 Å². The highest BCUT2D eigenvalue weighted by Crippen LogP contribution is 2.16. The van der Waals surface area contributed by atoms with Crippen LogP contribution in [0.2, 0.25) is 0 Å². The Morgan fingerprint density at radius 1 is 1.69 bits per heavy atom. The molecule has 0 unspecified atom stereocenters. The van der Waals surface area contributed by atoms with Crippen molar-refractivity contribution in [1.82, 2.24) is 9.78 Å². The number of aromatic nitrogens is 2. The summed E-state index contributed by atoms with van der Waals surface area (Å²) >= 11 is 0. The molecule has 0 saturated heterocycles. The number of hydrogen-bond acceptors (Lipinski definition) is 5. The van der Waals surface area contributed by atoms with E-state index in [1.807, 2.05) is 0 Å². The maximum atomic E-state index is 11.5. The number of ether oxygens (including phenoxy) is 1. The van der Waals surface area contributed by atoms with E-state index in [4.69, 9.17) is 4.74 Å². The lowest BCUT2D eigenvalue weighted by molar-refractivity contribution is -0.385. The second kappa shape index (κ2) is 5.24. The summed E-state index contributed by atoms with van der Waals surface area (Å²) in [6, 6.07) is -0.603. The quantitative estimate of drug-likeness (QED) is 0.430. The Kier molecular flexibility index (Phi) is 3.98. The zero-order chi connectivity index (χ0) is 12.1. The summed E-state index contributed by atoms with van der Waals surface area (Å²) in [5, 5.41) is 14.2. The largest absolute Gasteiger partial charge is 0.464 e. The van der Waals surface area contributed by atoms with Crippen molar-refractivity contribution in [2.24, 2.45) is 0 Å². The van der Waals surface area contributed by atoms with E-state index < -0.39 is 16.9 Å². The van der Waals surface area contributed by atoms with Gasteiger partial charge in [0.25, 0.3) is 0 Å². The molecule has 1 heterocycles. The molecule has 0 aliphatic heterocycles. The van der Waals surface area contributed by atoms with E-state index in [9.17, 15) is 14.9 Å². The maximum Gasteiger partial charge on any atom is 0.330 e. The SMILES string of the molecule is CCOC(=O)[C@H](CC)n1cc([N+](=O)[O-])cn1. The smallest absolute Gasteiger partial charge is 0.330 e. The average Bonchev–Trinajstić information content (AvgIpc) is 2.68.